The number of aliphatic hydroxyl groups is 1. The molecule has 0 aromatic heterocycles. The van der Waals surface area contributed by atoms with Crippen molar-refractivity contribution in [3.05, 3.63) is 0 Å². The predicted octanol–water partition coefficient (Wildman–Crippen LogP) is -2.79. The molecule has 20 heteroatoms. The molecule has 1 amide bonds. The SMILES string of the molecule is O=C(O)CN1CCN(CC(=O)O)CCN(C(CCC(=O)NCCCC(O)(P(=O)(O)O)P(=O)(O)O)C(=O)O)CC1. The van der Waals surface area contributed by atoms with Crippen LogP contribution in [0, 0.1) is 0 Å². The minimum absolute atomic E-state index is 0.135. The first-order chi connectivity index (χ1) is 17.9. The van der Waals surface area contributed by atoms with Crippen molar-refractivity contribution in [2.45, 2.75) is 36.8 Å². The largest absolute Gasteiger partial charge is 0.480 e. The zero-order valence-corrected chi connectivity index (χ0v) is 22.8. The summed E-state index contributed by atoms with van der Waals surface area (Å²) in [5, 5.41) is 36.6. The van der Waals surface area contributed by atoms with E-state index in [1.807, 2.05) is 0 Å². The first-order valence-electron chi connectivity index (χ1n) is 11.8. The fourth-order valence-corrected chi connectivity index (χ4v) is 6.26. The normalized spacial score (nSPS) is 18.0. The lowest BCUT2D eigenvalue weighted by Crippen LogP contribution is -2.47. The van der Waals surface area contributed by atoms with Crippen LogP contribution < -0.4 is 5.32 Å². The molecule has 1 atom stereocenters. The Morgan fingerprint density at radius 3 is 1.62 bits per heavy atom. The lowest BCUT2D eigenvalue weighted by molar-refractivity contribution is -0.144. The van der Waals surface area contributed by atoms with Crippen LogP contribution in [0.4, 0.5) is 0 Å². The Balaban J connectivity index is 2.78. The third-order valence-electron chi connectivity index (χ3n) is 6.17. The fourth-order valence-electron chi connectivity index (χ4n) is 4.00. The smallest absolute Gasteiger partial charge is 0.369 e. The van der Waals surface area contributed by atoms with E-state index in [4.69, 9.17) is 29.8 Å². The lowest BCUT2D eigenvalue weighted by atomic mass is 10.1. The highest BCUT2D eigenvalue weighted by Gasteiger charge is 2.58. The van der Waals surface area contributed by atoms with E-state index in [-0.39, 0.29) is 71.7 Å². The Morgan fingerprint density at radius 2 is 1.23 bits per heavy atom. The highest BCUT2D eigenvalue weighted by Crippen LogP contribution is 2.69. The van der Waals surface area contributed by atoms with Gasteiger partial charge in [0.05, 0.1) is 13.1 Å². The van der Waals surface area contributed by atoms with Crippen LogP contribution in [0.2, 0.25) is 0 Å². The second-order valence-corrected chi connectivity index (χ2v) is 13.1. The van der Waals surface area contributed by atoms with Crippen LogP contribution in [-0.4, -0.2) is 149 Å². The number of aliphatic carboxylic acids is 3. The molecule has 39 heavy (non-hydrogen) atoms. The molecule has 1 fully saturated rings. The maximum absolute atomic E-state index is 12.3. The van der Waals surface area contributed by atoms with Gasteiger partial charge in [-0.3, -0.25) is 43.0 Å². The summed E-state index contributed by atoms with van der Waals surface area (Å²) in [6.45, 7) is 0.182. The van der Waals surface area contributed by atoms with Gasteiger partial charge >= 0.3 is 33.1 Å². The molecule has 0 aromatic rings. The van der Waals surface area contributed by atoms with Gasteiger partial charge in [0.1, 0.15) is 6.04 Å². The van der Waals surface area contributed by atoms with Crippen LogP contribution in [-0.2, 0) is 28.3 Å². The number of carboxylic acid groups (broad SMARTS) is 3. The van der Waals surface area contributed by atoms with Gasteiger partial charge in [-0.2, -0.15) is 0 Å². The van der Waals surface area contributed by atoms with E-state index in [9.17, 15) is 38.5 Å². The average molecular weight is 606 g/mol. The summed E-state index contributed by atoms with van der Waals surface area (Å²) in [5.74, 6) is -4.12. The summed E-state index contributed by atoms with van der Waals surface area (Å²) in [6, 6.07) is -1.18. The quantitative estimate of drug-likeness (QED) is 0.0672. The van der Waals surface area contributed by atoms with Crippen molar-refractivity contribution in [1.29, 1.82) is 0 Å². The Morgan fingerprint density at radius 1 is 0.795 bits per heavy atom. The van der Waals surface area contributed by atoms with Crippen molar-refractivity contribution in [2.24, 2.45) is 0 Å². The summed E-state index contributed by atoms with van der Waals surface area (Å²) in [7, 11) is -11.2. The molecule has 9 N–H and O–H groups in total. The third-order valence-corrected chi connectivity index (χ3v) is 10.0. The zero-order chi connectivity index (χ0) is 30.0. The summed E-state index contributed by atoms with van der Waals surface area (Å²) in [4.78, 5) is 87.8. The van der Waals surface area contributed by atoms with Gasteiger partial charge in [0, 0.05) is 58.7 Å². The Kier molecular flexibility index (Phi) is 13.6. The van der Waals surface area contributed by atoms with E-state index in [0.29, 0.717) is 0 Å². The lowest BCUT2D eigenvalue weighted by Gasteiger charge is -2.30. The van der Waals surface area contributed by atoms with Crippen LogP contribution in [0.5, 0.6) is 0 Å². The van der Waals surface area contributed by atoms with Crippen molar-refractivity contribution >= 4 is 39.0 Å². The summed E-state index contributed by atoms with van der Waals surface area (Å²) < 4.78 is 22.7. The molecule has 0 spiro atoms. The summed E-state index contributed by atoms with van der Waals surface area (Å²) in [6.07, 6.45) is -1.93. The summed E-state index contributed by atoms with van der Waals surface area (Å²) in [5.41, 5.74) is 0. The number of hydrogen-bond acceptors (Lipinski definition) is 10. The first-order valence-corrected chi connectivity index (χ1v) is 15.1. The maximum atomic E-state index is 12.3. The number of carbonyl (C=O) groups excluding carboxylic acids is 1. The van der Waals surface area contributed by atoms with Gasteiger partial charge in [-0.25, -0.2) is 0 Å². The monoisotopic (exact) mass is 606 g/mol. The van der Waals surface area contributed by atoms with Crippen LogP contribution in [0.15, 0.2) is 0 Å². The van der Waals surface area contributed by atoms with Gasteiger partial charge < -0.3 is 45.3 Å². The molecule has 0 saturated carbocycles. The molecular weight excluding hydrogens is 570 g/mol. The molecule has 1 heterocycles. The van der Waals surface area contributed by atoms with E-state index in [0.717, 1.165) is 0 Å². The maximum Gasteiger partial charge on any atom is 0.369 e. The minimum Gasteiger partial charge on any atom is -0.480 e. The fraction of sp³-hybridized carbons (Fsp3) is 0.789. The van der Waals surface area contributed by atoms with E-state index >= 15 is 0 Å². The average Bonchev–Trinajstić information content (AvgIpc) is 2.86. The highest BCUT2D eigenvalue weighted by molar-refractivity contribution is 7.72. The number of carbonyl (C=O) groups is 4. The molecule has 1 saturated heterocycles. The molecular formula is C19H36N4O14P2. The second kappa shape index (κ2) is 15.1. The van der Waals surface area contributed by atoms with Crippen molar-refractivity contribution in [2.75, 3.05) is 58.9 Å². The predicted molar refractivity (Wildman–Crippen MR) is 132 cm³/mol. The van der Waals surface area contributed by atoms with Gasteiger partial charge in [-0.05, 0) is 12.8 Å². The molecule has 0 bridgehead atoms. The van der Waals surface area contributed by atoms with Gasteiger partial charge in [0.25, 0.3) is 5.08 Å². The molecule has 0 aliphatic carbocycles. The molecule has 1 unspecified atom stereocenters. The highest BCUT2D eigenvalue weighted by atomic mass is 31.2. The Labute approximate surface area is 223 Å². The molecule has 1 aliphatic heterocycles. The number of carboxylic acids is 3. The van der Waals surface area contributed by atoms with Crippen LogP contribution in [0.25, 0.3) is 0 Å². The number of nitrogens with zero attached hydrogens (tertiary/aromatic N) is 3. The van der Waals surface area contributed by atoms with Gasteiger partial charge in [-0.15, -0.1) is 0 Å². The first kappa shape index (κ1) is 35.0. The van der Waals surface area contributed by atoms with Crippen LogP contribution >= 0.6 is 15.2 Å². The minimum atomic E-state index is -5.62. The van der Waals surface area contributed by atoms with Crippen LogP contribution in [0.3, 0.4) is 0 Å². The van der Waals surface area contributed by atoms with E-state index < -0.39 is 63.0 Å². The number of hydrogen-bond donors (Lipinski definition) is 9. The van der Waals surface area contributed by atoms with Crippen LogP contribution in [0.1, 0.15) is 25.7 Å². The van der Waals surface area contributed by atoms with E-state index in [1.54, 1.807) is 9.80 Å². The van der Waals surface area contributed by atoms with Crippen molar-refractivity contribution < 1.29 is 68.3 Å². The Hall–Kier alpha value is -1.98. The molecule has 18 nitrogen and oxygen atoms in total. The Bertz CT molecular complexity index is 920. The number of rotatable bonds is 15. The van der Waals surface area contributed by atoms with Crippen molar-refractivity contribution in [3.8, 4) is 0 Å². The third kappa shape index (κ3) is 11.6. The topological polar surface area (TPSA) is 286 Å². The van der Waals surface area contributed by atoms with Gasteiger partial charge in [-0.1, -0.05) is 0 Å². The van der Waals surface area contributed by atoms with Crippen molar-refractivity contribution in [1.82, 2.24) is 20.0 Å². The van der Waals surface area contributed by atoms with E-state index in [2.05, 4.69) is 5.32 Å². The van der Waals surface area contributed by atoms with Crippen molar-refractivity contribution in [3.63, 3.8) is 0 Å². The molecule has 226 valence electrons. The standard InChI is InChI=1S/C19H36N4O14P2/c24-15(20-5-1-4-19(31,38(32,33)34)39(35,36)37)3-2-14(18(29)30)23-10-8-21(12-16(25)26)6-7-22(9-11-23)13-17(27)28/h14,31H,1-13H2,(H,20,24)(H,25,26)(H,27,28)(H,29,30)(H2,32,33,34)(H2,35,36,37). The second-order valence-electron chi connectivity index (χ2n) is 9.08. The van der Waals surface area contributed by atoms with Gasteiger partial charge in [0.15, 0.2) is 0 Å². The summed E-state index contributed by atoms with van der Waals surface area (Å²) >= 11 is 0. The molecule has 1 aliphatic rings. The number of amides is 1. The van der Waals surface area contributed by atoms with E-state index in [1.165, 1.54) is 4.90 Å². The van der Waals surface area contributed by atoms with Gasteiger partial charge in [0.2, 0.25) is 5.91 Å². The zero-order valence-electron chi connectivity index (χ0n) is 21.0. The molecule has 0 radical (unpaired) electrons. The number of nitrogens with one attached hydrogen (secondary N) is 1. The molecule has 0 aromatic carbocycles. The molecule has 1 rings (SSSR count).